The van der Waals surface area contributed by atoms with Crippen LogP contribution < -0.4 is 9.62 Å². The van der Waals surface area contributed by atoms with Crippen molar-refractivity contribution in [1.82, 2.24) is 0 Å². The third-order valence-electron chi connectivity index (χ3n) is 3.56. The summed E-state index contributed by atoms with van der Waals surface area (Å²) in [7, 11) is -3.66. The van der Waals surface area contributed by atoms with E-state index in [0.717, 1.165) is 16.1 Å². The number of amides is 1. The van der Waals surface area contributed by atoms with Crippen LogP contribution in [0.25, 0.3) is 0 Å². The molecule has 0 heterocycles. The largest absolute Gasteiger partial charge is 0.324 e. The molecule has 0 aliphatic rings. The van der Waals surface area contributed by atoms with Crippen molar-refractivity contribution < 1.29 is 13.2 Å². The van der Waals surface area contributed by atoms with Gasteiger partial charge in [-0.05, 0) is 44.2 Å². The van der Waals surface area contributed by atoms with Gasteiger partial charge in [-0.3, -0.25) is 9.10 Å². The van der Waals surface area contributed by atoms with Crippen LogP contribution in [0.2, 0.25) is 10.0 Å². The predicted molar refractivity (Wildman–Crippen MR) is 103 cm³/mol. The first-order valence-corrected chi connectivity index (χ1v) is 10.0. The van der Waals surface area contributed by atoms with Crippen LogP contribution in [0, 0.1) is 6.92 Å². The van der Waals surface area contributed by atoms with E-state index < -0.39 is 22.0 Å². The Morgan fingerprint density at radius 1 is 1.08 bits per heavy atom. The fourth-order valence-electron chi connectivity index (χ4n) is 2.32. The molecule has 134 valence electrons. The monoisotopic (exact) mass is 400 g/mol. The number of nitrogens with one attached hydrogen (secondary N) is 1. The second-order valence-electron chi connectivity index (χ2n) is 5.69. The minimum atomic E-state index is -3.66. The van der Waals surface area contributed by atoms with Crippen molar-refractivity contribution in [3.05, 3.63) is 58.1 Å². The zero-order valence-electron chi connectivity index (χ0n) is 14.0. The molecule has 0 aliphatic heterocycles. The molecule has 1 amide bonds. The number of benzene rings is 2. The molecule has 1 atom stereocenters. The van der Waals surface area contributed by atoms with Gasteiger partial charge in [0.2, 0.25) is 15.9 Å². The molecule has 0 saturated carbocycles. The van der Waals surface area contributed by atoms with Crippen LogP contribution in [-0.4, -0.2) is 26.6 Å². The molecule has 1 N–H and O–H groups in total. The molecule has 2 aromatic carbocycles. The van der Waals surface area contributed by atoms with Crippen molar-refractivity contribution in [2.24, 2.45) is 0 Å². The lowest BCUT2D eigenvalue weighted by Gasteiger charge is -2.28. The summed E-state index contributed by atoms with van der Waals surface area (Å²) in [6.45, 7) is 3.42. The minimum Gasteiger partial charge on any atom is -0.324 e. The highest BCUT2D eigenvalue weighted by Gasteiger charge is 2.29. The van der Waals surface area contributed by atoms with Gasteiger partial charge >= 0.3 is 0 Å². The van der Waals surface area contributed by atoms with E-state index in [-0.39, 0.29) is 0 Å². The lowest BCUT2D eigenvalue weighted by atomic mass is 10.2. The maximum atomic E-state index is 12.5. The number of anilines is 2. The SMILES string of the molecule is Cc1ccc(N([C@@H](C)C(=O)Nc2ccc(Cl)c(Cl)c2)S(C)(=O)=O)cc1. The van der Waals surface area contributed by atoms with Crippen molar-refractivity contribution in [2.45, 2.75) is 19.9 Å². The van der Waals surface area contributed by atoms with Gasteiger partial charge in [0.1, 0.15) is 6.04 Å². The summed E-state index contributed by atoms with van der Waals surface area (Å²) < 4.78 is 25.5. The smallest absolute Gasteiger partial charge is 0.247 e. The first-order chi connectivity index (χ1) is 11.6. The average Bonchev–Trinajstić information content (AvgIpc) is 2.51. The summed E-state index contributed by atoms with van der Waals surface area (Å²) in [6, 6.07) is 10.6. The van der Waals surface area contributed by atoms with E-state index in [4.69, 9.17) is 23.2 Å². The minimum absolute atomic E-state index is 0.297. The van der Waals surface area contributed by atoms with Gasteiger partial charge in [0, 0.05) is 5.69 Å². The fraction of sp³-hybridized carbons (Fsp3) is 0.235. The third-order valence-corrected chi connectivity index (χ3v) is 5.54. The van der Waals surface area contributed by atoms with Crippen LogP contribution in [0.1, 0.15) is 12.5 Å². The van der Waals surface area contributed by atoms with E-state index in [1.165, 1.54) is 13.0 Å². The maximum Gasteiger partial charge on any atom is 0.247 e. The topological polar surface area (TPSA) is 66.5 Å². The average molecular weight is 401 g/mol. The number of carbonyl (C=O) groups excluding carboxylic acids is 1. The number of rotatable bonds is 5. The predicted octanol–water partition coefficient (Wildman–Crippen LogP) is 4.10. The van der Waals surface area contributed by atoms with Crippen molar-refractivity contribution >= 4 is 50.5 Å². The zero-order chi connectivity index (χ0) is 18.8. The van der Waals surface area contributed by atoms with Gasteiger partial charge in [0.05, 0.1) is 22.0 Å². The molecule has 2 aromatic rings. The first-order valence-electron chi connectivity index (χ1n) is 7.41. The van der Waals surface area contributed by atoms with Gasteiger partial charge in [0.15, 0.2) is 0 Å². The summed E-state index contributed by atoms with van der Waals surface area (Å²) in [5.41, 5.74) is 1.85. The van der Waals surface area contributed by atoms with Crippen molar-refractivity contribution in [2.75, 3.05) is 15.9 Å². The Kier molecular flexibility index (Phi) is 5.98. The van der Waals surface area contributed by atoms with Gasteiger partial charge in [-0.25, -0.2) is 8.42 Å². The van der Waals surface area contributed by atoms with Gasteiger partial charge in [0.25, 0.3) is 0 Å². The van der Waals surface area contributed by atoms with Crippen LogP contribution >= 0.6 is 23.2 Å². The molecule has 2 rings (SSSR count). The number of aryl methyl sites for hydroxylation is 1. The third kappa shape index (κ3) is 4.87. The van der Waals surface area contributed by atoms with E-state index in [0.29, 0.717) is 21.4 Å². The molecule has 25 heavy (non-hydrogen) atoms. The molecule has 0 saturated heterocycles. The van der Waals surface area contributed by atoms with Crippen molar-refractivity contribution in [1.29, 1.82) is 0 Å². The summed E-state index contributed by atoms with van der Waals surface area (Å²) in [4.78, 5) is 12.5. The molecular formula is C17H18Cl2N2O3S. The first kappa shape index (κ1) is 19.6. The van der Waals surface area contributed by atoms with Gasteiger partial charge in [-0.1, -0.05) is 40.9 Å². The lowest BCUT2D eigenvalue weighted by molar-refractivity contribution is -0.116. The van der Waals surface area contributed by atoms with Crippen LogP contribution in [0.4, 0.5) is 11.4 Å². The Morgan fingerprint density at radius 3 is 2.20 bits per heavy atom. The Hall–Kier alpha value is -1.76. The standard InChI is InChI=1S/C17H18Cl2N2O3S/c1-11-4-7-14(8-5-11)21(25(3,23)24)12(2)17(22)20-13-6-9-15(18)16(19)10-13/h4-10,12H,1-3H3,(H,20,22)/t12-/m0/s1. The van der Waals surface area contributed by atoms with E-state index in [1.807, 2.05) is 6.92 Å². The number of hydrogen-bond acceptors (Lipinski definition) is 3. The Balaban J connectivity index is 2.29. The molecule has 0 fully saturated rings. The molecule has 0 bridgehead atoms. The summed E-state index contributed by atoms with van der Waals surface area (Å²) in [5, 5.41) is 3.32. The van der Waals surface area contributed by atoms with E-state index in [2.05, 4.69) is 5.32 Å². The molecule has 0 radical (unpaired) electrons. The summed E-state index contributed by atoms with van der Waals surface area (Å²) >= 11 is 11.8. The Bertz CT molecular complexity index is 883. The molecule has 0 unspecified atom stereocenters. The second-order valence-corrected chi connectivity index (χ2v) is 8.36. The summed E-state index contributed by atoms with van der Waals surface area (Å²) in [6.07, 6.45) is 1.07. The molecule has 0 aromatic heterocycles. The molecule has 0 aliphatic carbocycles. The number of sulfonamides is 1. The number of nitrogens with zero attached hydrogens (tertiary/aromatic N) is 1. The normalized spacial score (nSPS) is 12.5. The number of hydrogen-bond donors (Lipinski definition) is 1. The van der Waals surface area contributed by atoms with E-state index >= 15 is 0 Å². The highest BCUT2D eigenvalue weighted by molar-refractivity contribution is 7.92. The van der Waals surface area contributed by atoms with Crippen LogP contribution in [0.3, 0.4) is 0 Å². The Morgan fingerprint density at radius 2 is 1.68 bits per heavy atom. The van der Waals surface area contributed by atoms with Crippen molar-refractivity contribution in [3.8, 4) is 0 Å². The Labute approximate surface area is 157 Å². The molecule has 8 heteroatoms. The van der Waals surface area contributed by atoms with Gasteiger partial charge in [-0.15, -0.1) is 0 Å². The highest BCUT2D eigenvalue weighted by atomic mass is 35.5. The number of carbonyl (C=O) groups is 1. The van der Waals surface area contributed by atoms with Gasteiger partial charge in [-0.2, -0.15) is 0 Å². The quantitative estimate of drug-likeness (QED) is 0.821. The van der Waals surface area contributed by atoms with Gasteiger partial charge < -0.3 is 5.32 Å². The fourth-order valence-corrected chi connectivity index (χ4v) is 3.79. The lowest BCUT2D eigenvalue weighted by Crippen LogP contribution is -2.45. The molecular weight excluding hydrogens is 383 g/mol. The number of halogens is 2. The maximum absolute atomic E-state index is 12.5. The zero-order valence-corrected chi connectivity index (χ0v) is 16.3. The highest BCUT2D eigenvalue weighted by Crippen LogP contribution is 2.26. The van der Waals surface area contributed by atoms with E-state index in [1.54, 1.807) is 36.4 Å². The van der Waals surface area contributed by atoms with Crippen LogP contribution in [0.5, 0.6) is 0 Å². The van der Waals surface area contributed by atoms with Crippen LogP contribution in [0.15, 0.2) is 42.5 Å². The van der Waals surface area contributed by atoms with Crippen LogP contribution in [-0.2, 0) is 14.8 Å². The molecule has 0 spiro atoms. The summed E-state index contributed by atoms with van der Waals surface area (Å²) in [5.74, 6) is -0.482. The van der Waals surface area contributed by atoms with E-state index in [9.17, 15) is 13.2 Å². The van der Waals surface area contributed by atoms with Crippen molar-refractivity contribution in [3.63, 3.8) is 0 Å². The second kappa shape index (κ2) is 7.64. The molecule has 5 nitrogen and oxygen atoms in total.